The smallest absolute Gasteiger partial charge is 0.307 e. The van der Waals surface area contributed by atoms with Gasteiger partial charge in [0.2, 0.25) is 0 Å². The lowest BCUT2D eigenvalue weighted by Crippen LogP contribution is -2.34. The monoisotopic (exact) mass is 527 g/mol. The summed E-state index contributed by atoms with van der Waals surface area (Å²) in [6.45, 7) is 1.87. The Hall–Kier alpha value is -3.34. The lowest BCUT2D eigenvalue weighted by molar-refractivity contribution is -0.125. The quantitative estimate of drug-likeness (QED) is 0.367. The number of methoxy groups -OCH3 is 1. The molecule has 5 rings (SSSR count). The van der Waals surface area contributed by atoms with E-state index in [0.29, 0.717) is 22.8 Å². The van der Waals surface area contributed by atoms with Gasteiger partial charge >= 0.3 is 10.2 Å². The van der Waals surface area contributed by atoms with Gasteiger partial charge in [0.05, 0.1) is 31.4 Å². The van der Waals surface area contributed by atoms with Crippen LogP contribution in [-0.4, -0.2) is 57.5 Å². The SMILES string of the molecule is COc1ccc(CN2C(=O)CN(CCc3c(C)nn(C)c3-n3ccc4cc(Cl)ccc43)S2(=O)=O)cc1. The van der Waals surface area contributed by atoms with E-state index in [2.05, 4.69) is 5.10 Å². The number of carbonyl (C=O) groups excluding carboxylic acids is 1. The highest BCUT2D eigenvalue weighted by Gasteiger charge is 2.42. The molecule has 2 aromatic carbocycles. The molecule has 1 amide bonds. The predicted octanol–water partition coefficient (Wildman–Crippen LogP) is 3.47. The van der Waals surface area contributed by atoms with Crippen molar-refractivity contribution in [1.29, 1.82) is 0 Å². The molecule has 0 saturated carbocycles. The van der Waals surface area contributed by atoms with Gasteiger partial charge in [0, 0.05) is 35.8 Å². The molecule has 0 aliphatic carbocycles. The Bertz CT molecular complexity index is 1560. The van der Waals surface area contributed by atoms with Crippen molar-refractivity contribution in [3.63, 3.8) is 0 Å². The molecule has 1 aliphatic heterocycles. The van der Waals surface area contributed by atoms with E-state index >= 15 is 0 Å². The minimum Gasteiger partial charge on any atom is -0.497 e. The Morgan fingerprint density at radius 3 is 2.58 bits per heavy atom. The highest BCUT2D eigenvalue weighted by molar-refractivity contribution is 7.87. The number of aryl methyl sites for hydroxylation is 2. The van der Waals surface area contributed by atoms with Crippen LogP contribution in [0.15, 0.2) is 54.7 Å². The molecule has 0 unspecified atom stereocenters. The van der Waals surface area contributed by atoms with Gasteiger partial charge in [-0.1, -0.05) is 23.7 Å². The van der Waals surface area contributed by atoms with Gasteiger partial charge in [-0.3, -0.25) is 9.48 Å². The molecule has 4 aromatic rings. The van der Waals surface area contributed by atoms with E-state index in [1.54, 1.807) is 36.1 Å². The summed E-state index contributed by atoms with van der Waals surface area (Å²) in [6, 6.07) is 14.7. The summed E-state index contributed by atoms with van der Waals surface area (Å²) in [5, 5.41) is 6.24. The van der Waals surface area contributed by atoms with Crippen molar-refractivity contribution < 1.29 is 17.9 Å². The van der Waals surface area contributed by atoms with Gasteiger partial charge in [-0.05, 0) is 55.3 Å². The maximum atomic E-state index is 13.2. The molecule has 2 aromatic heterocycles. The van der Waals surface area contributed by atoms with Crippen LogP contribution in [0.3, 0.4) is 0 Å². The molecular weight excluding hydrogens is 502 g/mol. The Kier molecular flexibility index (Phi) is 6.27. The zero-order valence-electron chi connectivity index (χ0n) is 20.2. The number of nitrogens with zero attached hydrogens (tertiary/aromatic N) is 5. The molecule has 36 heavy (non-hydrogen) atoms. The topological polar surface area (TPSA) is 89.7 Å². The van der Waals surface area contributed by atoms with E-state index in [9.17, 15) is 13.2 Å². The third-order valence-electron chi connectivity index (χ3n) is 6.48. The molecule has 0 spiro atoms. The standard InChI is InChI=1S/C25H26ClN5O4S/c1-17-22(25(28(2)27-17)30-13-10-19-14-20(26)6-9-23(19)30)11-12-29-16-24(32)31(36(29,33)34)15-18-4-7-21(35-3)8-5-18/h4-10,13-14H,11-12,15-16H2,1-3H3. The fourth-order valence-corrected chi connectivity index (χ4v) is 6.34. The molecule has 0 bridgehead atoms. The summed E-state index contributed by atoms with van der Waals surface area (Å²) in [6.07, 6.45) is 2.36. The first-order valence-corrected chi connectivity index (χ1v) is 13.2. The molecule has 0 radical (unpaired) electrons. The number of benzene rings is 2. The van der Waals surface area contributed by atoms with Crippen LogP contribution in [0, 0.1) is 6.92 Å². The van der Waals surface area contributed by atoms with Gasteiger partial charge in [0.1, 0.15) is 11.6 Å². The zero-order valence-corrected chi connectivity index (χ0v) is 21.8. The molecule has 0 N–H and O–H groups in total. The van der Waals surface area contributed by atoms with Crippen LogP contribution < -0.4 is 4.74 Å². The van der Waals surface area contributed by atoms with Crippen LogP contribution in [0.2, 0.25) is 5.02 Å². The summed E-state index contributed by atoms with van der Waals surface area (Å²) in [7, 11) is -0.514. The van der Waals surface area contributed by atoms with Gasteiger partial charge in [0.15, 0.2) is 0 Å². The molecule has 3 heterocycles. The van der Waals surface area contributed by atoms with Crippen LogP contribution in [0.5, 0.6) is 5.75 Å². The van der Waals surface area contributed by atoms with Gasteiger partial charge in [-0.2, -0.15) is 17.8 Å². The first-order chi connectivity index (χ1) is 17.2. The molecular formula is C25H26ClN5O4S. The van der Waals surface area contributed by atoms with E-state index in [-0.39, 0.29) is 19.6 Å². The lowest BCUT2D eigenvalue weighted by Gasteiger charge is -2.19. The number of aromatic nitrogens is 3. The summed E-state index contributed by atoms with van der Waals surface area (Å²) in [5.74, 6) is 1.07. The molecule has 188 valence electrons. The third kappa shape index (κ3) is 4.25. The highest BCUT2D eigenvalue weighted by Crippen LogP contribution is 2.28. The summed E-state index contributed by atoms with van der Waals surface area (Å²) >= 11 is 6.15. The van der Waals surface area contributed by atoms with Crippen LogP contribution in [0.25, 0.3) is 16.7 Å². The van der Waals surface area contributed by atoms with Gasteiger partial charge in [0.25, 0.3) is 5.91 Å². The summed E-state index contributed by atoms with van der Waals surface area (Å²) in [4.78, 5) is 12.7. The van der Waals surface area contributed by atoms with E-state index in [1.165, 1.54) is 4.31 Å². The van der Waals surface area contributed by atoms with Crippen LogP contribution in [0.1, 0.15) is 16.8 Å². The molecule has 11 heteroatoms. The maximum Gasteiger partial charge on any atom is 0.307 e. The minimum absolute atomic E-state index is 0.0171. The van der Waals surface area contributed by atoms with Crippen LogP contribution in [0.4, 0.5) is 0 Å². The van der Waals surface area contributed by atoms with Crippen molar-refractivity contribution in [1.82, 2.24) is 23.0 Å². The van der Waals surface area contributed by atoms with Crippen molar-refractivity contribution in [2.45, 2.75) is 19.9 Å². The summed E-state index contributed by atoms with van der Waals surface area (Å²) < 4.78 is 37.6. The maximum absolute atomic E-state index is 13.2. The number of halogens is 1. The van der Waals surface area contributed by atoms with Gasteiger partial charge in [-0.25, -0.2) is 4.31 Å². The van der Waals surface area contributed by atoms with E-state index in [1.807, 2.05) is 49.0 Å². The van der Waals surface area contributed by atoms with Crippen molar-refractivity contribution in [3.8, 4) is 11.6 Å². The Balaban J connectivity index is 1.38. The Morgan fingerprint density at radius 1 is 1.11 bits per heavy atom. The number of rotatable bonds is 7. The number of hydrogen-bond donors (Lipinski definition) is 0. The number of fused-ring (bicyclic) bond motifs is 1. The lowest BCUT2D eigenvalue weighted by atomic mass is 10.1. The summed E-state index contributed by atoms with van der Waals surface area (Å²) in [5.41, 5.74) is 3.40. The van der Waals surface area contributed by atoms with E-state index in [0.717, 1.165) is 32.3 Å². The normalized spacial score (nSPS) is 15.8. The first kappa shape index (κ1) is 24.4. The van der Waals surface area contributed by atoms with Gasteiger partial charge in [-0.15, -0.1) is 0 Å². The fraction of sp³-hybridized carbons (Fsp3) is 0.280. The molecule has 0 atom stereocenters. The highest BCUT2D eigenvalue weighted by atomic mass is 35.5. The van der Waals surface area contributed by atoms with Crippen LogP contribution >= 0.6 is 11.6 Å². The average molecular weight is 528 g/mol. The number of carbonyl (C=O) groups is 1. The van der Waals surface area contributed by atoms with E-state index in [4.69, 9.17) is 16.3 Å². The van der Waals surface area contributed by atoms with Crippen LogP contribution in [-0.2, 0) is 35.0 Å². The number of ether oxygens (including phenoxy) is 1. The second-order valence-corrected chi connectivity index (χ2v) is 11.0. The third-order valence-corrected chi connectivity index (χ3v) is 8.57. The first-order valence-electron chi connectivity index (χ1n) is 11.4. The van der Waals surface area contributed by atoms with Crippen molar-refractivity contribution in [2.75, 3.05) is 20.2 Å². The van der Waals surface area contributed by atoms with E-state index < -0.39 is 16.1 Å². The average Bonchev–Trinajstić information content (AvgIpc) is 3.44. The Labute approximate surface area is 214 Å². The second kappa shape index (κ2) is 9.27. The number of amides is 1. The molecule has 9 nitrogen and oxygen atoms in total. The second-order valence-electron chi connectivity index (χ2n) is 8.74. The molecule has 1 saturated heterocycles. The molecule has 1 aliphatic rings. The zero-order chi connectivity index (χ0) is 25.6. The number of hydrogen-bond acceptors (Lipinski definition) is 5. The van der Waals surface area contributed by atoms with Gasteiger partial charge < -0.3 is 9.30 Å². The van der Waals surface area contributed by atoms with Crippen molar-refractivity contribution in [2.24, 2.45) is 7.05 Å². The van der Waals surface area contributed by atoms with Crippen molar-refractivity contribution in [3.05, 3.63) is 76.6 Å². The largest absolute Gasteiger partial charge is 0.497 e. The minimum atomic E-state index is -3.94. The Morgan fingerprint density at radius 2 is 1.86 bits per heavy atom. The molecule has 1 fully saturated rings. The fourth-order valence-electron chi connectivity index (χ4n) is 4.66. The predicted molar refractivity (Wildman–Crippen MR) is 138 cm³/mol. The van der Waals surface area contributed by atoms with Crippen molar-refractivity contribution >= 4 is 38.6 Å².